The molecule has 1 heterocycles. The van der Waals surface area contributed by atoms with E-state index < -0.39 is 10.0 Å². The number of aromatic amines is 1. The lowest BCUT2D eigenvalue weighted by Gasteiger charge is -2.03. The second-order valence-corrected chi connectivity index (χ2v) is 4.96. The summed E-state index contributed by atoms with van der Waals surface area (Å²) in [5.41, 5.74) is 6.62. The first-order chi connectivity index (χ1) is 6.97. The highest BCUT2D eigenvalue weighted by atomic mass is 32.2. The summed E-state index contributed by atoms with van der Waals surface area (Å²) in [6.07, 6.45) is 1.09. The Balaban J connectivity index is 2.62. The van der Waals surface area contributed by atoms with Gasteiger partial charge in [0.15, 0.2) is 5.82 Å². The number of rotatable bonds is 2. The molecule has 4 N–H and O–H groups in total. The molecule has 0 bridgehead atoms. The van der Waals surface area contributed by atoms with Crippen molar-refractivity contribution in [2.45, 2.75) is 0 Å². The van der Waals surface area contributed by atoms with Gasteiger partial charge in [0.1, 0.15) is 0 Å². The number of nitrogens with two attached hydrogens (primary N) is 1. The lowest BCUT2D eigenvalue weighted by atomic mass is 10.2. The van der Waals surface area contributed by atoms with Gasteiger partial charge >= 0.3 is 0 Å². The molecule has 2 aromatic rings. The van der Waals surface area contributed by atoms with E-state index in [1.807, 2.05) is 0 Å². The largest absolute Gasteiger partial charge is 0.382 e. The number of anilines is 2. The molecular weight excluding hydrogens is 216 g/mol. The standard InChI is InChI=1S/C8H10N4O2S/c1-15(13,14)12-6-4-2-3-5-7(6)10-11-8(5)9/h2-4,12H,1H3,(H3,9,10,11). The summed E-state index contributed by atoms with van der Waals surface area (Å²) in [5, 5.41) is 7.18. The maximum Gasteiger partial charge on any atom is 0.229 e. The number of H-pyrrole nitrogens is 1. The first-order valence-electron chi connectivity index (χ1n) is 4.18. The Morgan fingerprint density at radius 3 is 2.87 bits per heavy atom. The highest BCUT2D eigenvalue weighted by Gasteiger charge is 2.09. The summed E-state index contributed by atoms with van der Waals surface area (Å²) in [5.74, 6) is 0.349. The first-order valence-corrected chi connectivity index (χ1v) is 6.07. The van der Waals surface area contributed by atoms with Crippen LogP contribution in [0, 0.1) is 0 Å². The fourth-order valence-electron chi connectivity index (χ4n) is 1.35. The van der Waals surface area contributed by atoms with Crippen molar-refractivity contribution in [3.05, 3.63) is 18.2 Å². The fraction of sp³-hybridized carbons (Fsp3) is 0.125. The monoisotopic (exact) mass is 226 g/mol. The van der Waals surface area contributed by atoms with Crippen molar-refractivity contribution in [3.63, 3.8) is 0 Å². The predicted octanol–water partition coefficient (Wildman–Crippen LogP) is 0.517. The Kier molecular flexibility index (Phi) is 2.04. The molecule has 1 aromatic heterocycles. The van der Waals surface area contributed by atoms with E-state index >= 15 is 0 Å². The van der Waals surface area contributed by atoms with Gasteiger partial charge in [-0.2, -0.15) is 5.10 Å². The lowest BCUT2D eigenvalue weighted by Crippen LogP contribution is -2.09. The molecule has 1 aromatic carbocycles. The van der Waals surface area contributed by atoms with E-state index in [0.717, 1.165) is 6.26 Å². The first kappa shape index (κ1) is 9.78. The summed E-state index contributed by atoms with van der Waals surface area (Å²) in [7, 11) is -3.30. The molecule has 0 aliphatic rings. The lowest BCUT2D eigenvalue weighted by molar-refractivity contribution is 0.607. The number of benzene rings is 1. The number of hydrogen-bond acceptors (Lipinski definition) is 4. The van der Waals surface area contributed by atoms with Crippen molar-refractivity contribution in [2.75, 3.05) is 16.7 Å². The molecule has 6 nitrogen and oxygen atoms in total. The van der Waals surface area contributed by atoms with Crippen molar-refractivity contribution in [1.82, 2.24) is 10.2 Å². The predicted molar refractivity (Wildman–Crippen MR) is 59.0 cm³/mol. The Morgan fingerprint density at radius 1 is 1.47 bits per heavy atom. The van der Waals surface area contributed by atoms with E-state index in [1.165, 1.54) is 0 Å². The van der Waals surface area contributed by atoms with Crippen molar-refractivity contribution in [2.24, 2.45) is 0 Å². The second kappa shape index (κ2) is 3.13. The maximum atomic E-state index is 11.1. The van der Waals surface area contributed by atoms with Crippen LogP contribution in [0.3, 0.4) is 0 Å². The Morgan fingerprint density at radius 2 is 2.20 bits per heavy atom. The van der Waals surface area contributed by atoms with Crippen molar-refractivity contribution >= 4 is 32.4 Å². The summed E-state index contributed by atoms with van der Waals surface area (Å²) in [6.45, 7) is 0. The molecule has 0 saturated carbocycles. The quantitative estimate of drug-likeness (QED) is 0.694. The molecule has 0 fully saturated rings. The molecule has 0 saturated heterocycles. The SMILES string of the molecule is CS(=O)(=O)Nc1cccc2c(N)n[nH]c12. The zero-order valence-corrected chi connectivity index (χ0v) is 8.80. The molecule has 0 aliphatic carbocycles. The van der Waals surface area contributed by atoms with Gasteiger partial charge in [-0.25, -0.2) is 8.42 Å². The van der Waals surface area contributed by atoms with Crippen LogP contribution in [-0.4, -0.2) is 24.9 Å². The Labute approximate surface area is 86.5 Å². The minimum atomic E-state index is -3.30. The van der Waals surface area contributed by atoms with Gasteiger partial charge in [-0.05, 0) is 12.1 Å². The van der Waals surface area contributed by atoms with Gasteiger partial charge in [0, 0.05) is 5.39 Å². The normalized spacial score (nSPS) is 11.8. The van der Waals surface area contributed by atoms with Crippen LogP contribution < -0.4 is 10.5 Å². The van der Waals surface area contributed by atoms with Gasteiger partial charge in [0.2, 0.25) is 10.0 Å². The molecule has 0 unspecified atom stereocenters. The number of fused-ring (bicyclic) bond motifs is 1. The Bertz CT molecular complexity index is 602. The van der Waals surface area contributed by atoms with Crippen molar-refractivity contribution in [3.8, 4) is 0 Å². The molecule has 0 radical (unpaired) electrons. The molecule has 0 aliphatic heterocycles. The molecule has 15 heavy (non-hydrogen) atoms. The number of para-hydroxylation sites is 1. The van der Waals surface area contributed by atoms with E-state index in [-0.39, 0.29) is 0 Å². The average molecular weight is 226 g/mol. The number of nitrogen functional groups attached to an aromatic ring is 1. The number of sulfonamides is 1. The highest BCUT2D eigenvalue weighted by molar-refractivity contribution is 7.92. The number of nitrogens with zero attached hydrogens (tertiary/aromatic N) is 1. The third-order valence-electron chi connectivity index (χ3n) is 1.92. The zero-order valence-electron chi connectivity index (χ0n) is 7.98. The van der Waals surface area contributed by atoms with Gasteiger partial charge in [0.25, 0.3) is 0 Å². The van der Waals surface area contributed by atoms with E-state index in [2.05, 4.69) is 14.9 Å². The van der Waals surface area contributed by atoms with Crippen LogP contribution in [0.5, 0.6) is 0 Å². The maximum absolute atomic E-state index is 11.1. The van der Waals surface area contributed by atoms with Gasteiger partial charge in [-0.3, -0.25) is 9.82 Å². The summed E-state index contributed by atoms with van der Waals surface area (Å²) >= 11 is 0. The van der Waals surface area contributed by atoms with E-state index in [0.29, 0.717) is 22.4 Å². The van der Waals surface area contributed by atoms with Crippen molar-refractivity contribution < 1.29 is 8.42 Å². The molecule has 7 heteroatoms. The molecule has 0 amide bonds. The highest BCUT2D eigenvalue weighted by Crippen LogP contribution is 2.25. The van der Waals surface area contributed by atoms with Crippen LogP contribution in [-0.2, 0) is 10.0 Å². The minimum Gasteiger partial charge on any atom is -0.382 e. The molecule has 2 rings (SSSR count). The molecular formula is C8H10N4O2S. The van der Waals surface area contributed by atoms with E-state index in [1.54, 1.807) is 18.2 Å². The number of nitrogens with one attached hydrogen (secondary N) is 2. The second-order valence-electron chi connectivity index (χ2n) is 3.21. The third kappa shape index (κ3) is 1.86. The average Bonchev–Trinajstić information content (AvgIpc) is 2.47. The van der Waals surface area contributed by atoms with Crippen LogP contribution >= 0.6 is 0 Å². The molecule has 80 valence electrons. The van der Waals surface area contributed by atoms with Gasteiger partial charge in [-0.1, -0.05) is 6.07 Å². The number of aromatic nitrogens is 2. The topological polar surface area (TPSA) is 101 Å². The van der Waals surface area contributed by atoms with Crippen LogP contribution in [0.4, 0.5) is 11.5 Å². The van der Waals surface area contributed by atoms with Gasteiger partial charge in [-0.15, -0.1) is 0 Å². The summed E-state index contributed by atoms with van der Waals surface area (Å²) < 4.78 is 24.5. The Hall–Kier alpha value is -1.76. The van der Waals surface area contributed by atoms with Crippen LogP contribution in [0.25, 0.3) is 10.9 Å². The van der Waals surface area contributed by atoms with Crippen LogP contribution in [0.15, 0.2) is 18.2 Å². The summed E-state index contributed by atoms with van der Waals surface area (Å²) in [4.78, 5) is 0. The van der Waals surface area contributed by atoms with Crippen LogP contribution in [0.2, 0.25) is 0 Å². The van der Waals surface area contributed by atoms with E-state index in [9.17, 15) is 8.42 Å². The van der Waals surface area contributed by atoms with Gasteiger partial charge < -0.3 is 5.73 Å². The fourth-order valence-corrected chi connectivity index (χ4v) is 1.92. The summed E-state index contributed by atoms with van der Waals surface area (Å²) in [6, 6.07) is 5.12. The van der Waals surface area contributed by atoms with Crippen molar-refractivity contribution in [1.29, 1.82) is 0 Å². The van der Waals surface area contributed by atoms with Gasteiger partial charge in [0.05, 0.1) is 17.5 Å². The molecule has 0 atom stereocenters. The van der Waals surface area contributed by atoms with E-state index in [4.69, 9.17) is 5.73 Å². The smallest absolute Gasteiger partial charge is 0.229 e. The van der Waals surface area contributed by atoms with Crippen LogP contribution in [0.1, 0.15) is 0 Å². The minimum absolute atomic E-state index is 0.349. The molecule has 0 spiro atoms. The zero-order chi connectivity index (χ0) is 11.1. The third-order valence-corrected chi connectivity index (χ3v) is 2.51. The number of hydrogen-bond donors (Lipinski definition) is 3.